The van der Waals surface area contributed by atoms with Crippen molar-refractivity contribution in [2.24, 2.45) is 0 Å². The van der Waals surface area contributed by atoms with Crippen molar-refractivity contribution < 1.29 is 9.47 Å². The summed E-state index contributed by atoms with van der Waals surface area (Å²) in [5.41, 5.74) is 1.96. The zero-order chi connectivity index (χ0) is 11.8. The summed E-state index contributed by atoms with van der Waals surface area (Å²) >= 11 is 0. The highest BCUT2D eigenvalue weighted by molar-refractivity contribution is 5.96. The van der Waals surface area contributed by atoms with Crippen LogP contribution >= 0.6 is 0 Å². The molecule has 0 fully saturated rings. The van der Waals surface area contributed by atoms with E-state index in [9.17, 15) is 0 Å². The van der Waals surface area contributed by atoms with E-state index < -0.39 is 0 Å². The van der Waals surface area contributed by atoms with Crippen molar-refractivity contribution in [3.05, 3.63) is 36.5 Å². The minimum atomic E-state index is 0.698. The van der Waals surface area contributed by atoms with Gasteiger partial charge in [0.05, 0.1) is 25.3 Å². The van der Waals surface area contributed by atoms with Crippen LogP contribution in [0.1, 0.15) is 0 Å². The summed E-state index contributed by atoms with van der Waals surface area (Å²) < 4.78 is 12.4. The van der Waals surface area contributed by atoms with Gasteiger partial charge < -0.3 is 9.47 Å². The minimum absolute atomic E-state index is 0.698. The monoisotopic (exact) mass is 228 g/mol. The SMILES string of the molecule is COc1cc2nn3ccccc3c2cc1OC. The third-order valence-electron chi connectivity index (χ3n) is 2.83. The topological polar surface area (TPSA) is 35.8 Å². The fourth-order valence-electron chi connectivity index (χ4n) is 2.01. The number of ether oxygens (including phenoxy) is 2. The summed E-state index contributed by atoms with van der Waals surface area (Å²) in [6.07, 6.45) is 1.92. The highest BCUT2D eigenvalue weighted by atomic mass is 16.5. The molecule has 1 aromatic carbocycles. The van der Waals surface area contributed by atoms with E-state index in [1.54, 1.807) is 14.2 Å². The Labute approximate surface area is 98.4 Å². The average Bonchev–Trinajstić information content (AvgIpc) is 2.74. The molecule has 0 saturated heterocycles. The lowest BCUT2D eigenvalue weighted by Gasteiger charge is -2.06. The van der Waals surface area contributed by atoms with Crippen LogP contribution in [0.15, 0.2) is 36.5 Å². The number of methoxy groups -OCH3 is 2. The Balaban J connectivity index is 2.41. The van der Waals surface area contributed by atoms with Gasteiger partial charge >= 0.3 is 0 Å². The molecule has 0 atom stereocenters. The van der Waals surface area contributed by atoms with Gasteiger partial charge in [-0.2, -0.15) is 5.10 Å². The second-order valence-electron chi connectivity index (χ2n) is 3.75. The lowest BCUT2D eigenvalue weighted by atomic mass is 10.2. The first kappa shape index (κ1) is 9.96. The summed E-state index contributed by atoms with van der Waals surface area (Å²) in [6, 6.07) is 9.82. The fraction of sp³-hybridized carbons (Fsp3) is 0.154. The van der Waals surface area contributed by atoms with Gasteiger partial charge in [0.25, 0.3) is 0 Å². The lowest BCUT2D eigenvalue weighted by molar-refractivity contribution is 0.356. The van der Waals surface area contributed by atoms with E-state index in [1.807, 2.05) is 41.0 Å². The van der Waals surface area contributed by atoms with Crippen LogP contribution in [0.4, 0.5) is 0 Å². The van der Waals surface area contributed by atoms with Crippen molar-refractivity contribution in [2.75, 3.05) is 14.2 Å². The Morgan fingerprint density at radius 3 is 2.59 bits per heavy atom. The molecule has 0 spiro atoms. The molecule has 0 aliphatic heterocycles. The van der Waals surface area contributed by atoms with Gasteiger partial charge in [-0.05, 0) is 18.2 Å². The normalized spacial score (nSPS) is 10.9. The molecule has 86 valence electrons. The number of fused-ring (bicyclic) bond motifs is 3. The molecule has 17 heavy (non-hydrogen) atoms. The molecular weight excluding hydrogens is 216 g/mol. The lowest BCUT2D eigenvalue weighted by Crippen LogP contribution is -1.89. The van der Waals surface area contributed by atoms with Crippen LogP contribution in [-0.4, -0.2) is 23.8 Å². The largest absolute Gasteiger partial charge is 0.493 e. The second kappa shape index (κ2) is 3.66. The zero-order valence-electron chi connectivity index (χ0n) is 9.68. The molecule has 0 amide bonds. The van der Waals surface area contributed by atoms with Gasteiger partial charge in [-0.3, -0.25) is 0 Å². The number of aromatic nitrogens is 2. The number of hydrogen-bond donors (Lipinski definition) is 0. The van der Waals surface area contributed by atoms with Crippen molar-refractivity contribution >= 4 is 16.4 Å². The third kappa shape index (κ3) is 1.41. The number of nitrogens with zero attached hydrogens (tertiary/aromatic N) is 2. The molecular formula is C13H12N2O2. The highest BCUT2D eigenvalue weighted by Gasteiger charge is 2.10. The first-order valence-electron chi connectivity index (χ1n) is 5.32. The molecule has 0 unspecified atom stereocenters. The van der Waals surface area contributed by atoms with Crippen LogP contribution in [0.3, 0.4) is 0 Å². The van der Waals surface area contributed by atoms with Crippen molar-refractivity contribution in [2.45, 2.75) is 0 Å². The van der Waals surface area contributed by atoms with Crippen LogP contribution in [0.25, 0.3) is 16.4 Å². The van der Waals surface area contributed by atoms with E-state index in [2.05, 4.69) is 5.10 Å². The predicted molar refractivity (Wildman–Crippen MR) is 65.8 cm³/mol. The van der Waals surface area contributed by atoms with Gasteiger partial charge in [0, 0.05) is 17.6 Å². The van der Waals surface area contributed by atoms with Crippen LogP contribution in [0, 0.1) is 0 Å². The Kier molecular flexibility index (Phi) is 2.14. The predicted octanol–water partition coefficient (Wildman–Crippen LogP) is 2.50. The maximum absolute atomic E-state index is 5.30. The molecule has 0 aliphatic carbocycles. The van der Waals surface area contributed by atoms with E-state index in [1.165, 1.54) is 0 Å². The summed E-state index contributed by atoms with van der Waals surface area (Å²) in [6.45, 7) is 0. The molecule has 0 saturated carbocycles. The molecule has 0 aliphatic rings. The average molecular weight is 228 g/mol. The molecule has 3 aromatic rings. The summed E-state index contributed by atoms with van der Waals surface area (Å²) in [5, 5.41) is 5.54. The minimum Gasteiger partial charge on any atom is -0.493 e. The Hall–Kier alpha value is -2.23. The van der Waals surface area contributed by atoms with Crippen LogP contribution in [-0.2, 0) is 0 Å². The van der Waals surface area contributed by atoms with Gasteiger partial charge in [0.15, 0.2) is 11.5 Å². The van der Waals surface area contributed by atoms with Crippen molar-refractivity contribution in [1.82, 2.24) is 9.61 Å². The molecule has 4 nitrogen and oxygen atoms in total. The zero-order valence-corrected chi connectivity index (χ0v) is 9.68. The summed E-state index contributed by atoms with van der Waals surface area (Å²) in [5.74, 6) is 1.42. The summed E-state index contributed by atoms with van der Waals surface area (Å²) in [7, 11) is 3.26. The third-order valence-corrected chi connectivity index (χ3v) is 2.83. The van der Waals surface area contributed by atoms with Gasteiger partial charge in [-0.15, -0.1) is 0 Å². The van der Waals surface area contributed by atoms with E-state index in [0.29, 0.717) is 5.75 Å². The number of benzene rings is 1. The smallest absolute Gasteiger partial charge is 0.162 e. The Morgan fingerprint density at radius 2 is 1.82 bits per heavy atom. The van der Waals surface area contributed by atoms with Crippen LogP contribution in [0.5, 0.6) is 11.5 Å². The standard InChI is InChI=1S/C13H12N2O2/c1-16-12-7-9-10(8-13(12)17-2)14-15-6-4-3-5-11(9)15/h3-8H,1-2H3. The molecule has 0 radical (unpaired) electrons. The first-order valence-corrected chi connectivity index (χ1v) is 5.32. The maximum atomic E-state index is 5.30. The molecule has 0 bridgehead atoms. The number of pyridine rings is 1. The Bertz CT molecular complexity index is 688. The molecule has 0 N–H and O–H groups in total. The number of rotatable bonds is 2. The van der Waals surface area contributed by atoms with Crippen LogP contribution in [0.2, 0.25) is 0 Å². The Morgan fingerprint density at radius 1 is 1.06 bits per heavy atom. The maximum Gasteiger partial charge on any atom is 0.162 e. The van der Waals surface area contributed by atoms with E-state index in [4.69, 9.17) is 9.47 Å². The van der Waals surface area contributed by atoms with Crippen molar-refractivity contribution in [1.29, 1.82) is 0 Å². The van der Waals surface area contributed by atoms with Crippen molar-refractivity contribution in [3.63, 3.8) is 0 Å². The quantitative estimate of drug-likeness (QED) is 0.676. The van der Waals surface area contributed by atoms with Crippen molar-refractivity contribution in [3.8, 4) is 11.5 Å². The van der Waals surface area contributed by atoms with Gasteiger partial charge in [-0.25, -0.2) is 4.52 Å². The fourth-order valence-corrected chi connectivity index (χ4v) is 2.01. The molecule has 2 aromatic heterocycles. The van der Waals surface area contributed by atoms with E-state index in [-0.39, 0.29) is 0 Å². The van der Waals surface area contributed by atoms with Gasteiger partial charge in [0.2, 0.25) is 0 Å². The second-order valence-corrected chi connectivity index (χ2v) is 3.75. The van der Waals surface area contributed by atoms with E-state index >= 15 is 0 Å². The molecule has 3 rings (SSSR count). The summed E-state index contributed by atoms with van der Waals surface area (Å²) in [4.78, 5) is 0. The van der Waals surface area contributed by atoms with Gasteiger partial charge in [0.1, 0.15) is 0 Å². The first-order chi connectivity index (χ1) is 8.33. The van der Waals surface area contributed by atoms with Gasteiger partial charge in [-0.1, -0.05) is 6.07 Å². The highest BCUT2D eigenvalue weighted by Crippen LogP contribution is 2.33. The number of hydrogen-bond acceptors (Lipinski definition) is 3. The molecule has 2 heterocycles. The van der Waals surface area contributed by atoms with E-state index in [0.717, 1.165) is 22.2 Å². The molecule has 4 heteroatoms. The van der Waals surface area contributed by atoms with Crippen LogP contribution < -0.4 is 9.47 Å².